The number of amides is 1. The van der Waals surface area contributed by atoms with Crippen LogP contribution in [-0.2, 0) is 9.53 Å². The van der Waals surface area contributed by atoms with Gasteiger partial charge in [-0.25, -0.2) is 9.78 Å². The second-order valence-electron chi connectivity index (χ2n) is 4.73. The lowest BCUT2D eigenvalue weighted by molar-refractivity contribution is -0.138. The first-order valence-electron chi connectivity index (χ1n) is 6.51. The van der Waals surface area contributed by atoms with E-state index in [4.69, 9.17) is 9.84 Å². The maximum Gasteiger partial charge on any atom is 0.442 e. The number of nitrogens with zero attached hydrogens (tertiary/aromatic N) is 2. The van der Waals surface area contributed by atoms with Crippen LogP contribution < -0.4 is 0 Å². The van der Waals surface area contributed by atoms with Crippen LogP contribution in [0.15, 0.2) is 5.38 Å². The van der Waals surface area contributed by atoms with Crippen LogP contribution in [-0.4, -0.2) is 57.3 Å². The van der Waals surface area contributed by atoms with Crippen molar-refractivity contribution in [3.63, 3.8) is 0 Å². The van der Waals surface area contributed by atoms with Crippen LogP contribution in [0.25, 0.3) is 0 Å². The SMILES string of the molecule is CC(SC(F)(F)F)C(=O)N1CCOC(c2nc(C(=O)O)cs2)C1. The molecule has 1 aromatic heterocycles. The fourth-order valence-electron chi connectivity index (χ4n) is 2.04. The lowest BCUT2D eigenvalue weighted by Gasteiger charge is -2.33. The molecular weight excluding hydrogens is 357 g/mol. The Kier molecular flexibility index (Phi) is 5.53. The number of morpholine rings is 1. The molecule has 11 heteroatoms. The first-order valence-corrected chi connectivity index (χ1v) is 8.27. The number of rotatable bonds is 4. The summed E-state index contributed by atoms with van der Waals surface area (Å²) in [7, 11) is 0. The van der Waals surface area contributed by atoms with E-state index in [-0.39, 0.29) is 37.2 Å². The zero-order valence-electron chi connectivity index (χ0n) is 11.9. The van der Waals surface area contributed by atoms with Gasteiger partial charge in [-0.1, -0.05) is 0 Å². The lowest BCUT2D eigenvalue weighted by atomic mass is 10.2. The van der Waals surface area contributed by atoms with Gasteiger partial charge in [0, 0.05) is 11.9 Å². The molecule has 1 saturated heterocycles. The van der Waals surface area contributed by atoms with E-state index in [9.17, 15) is 22.8 Å². The predicted octanol–water partition coefficient (Wildman–Crippen LogP) is 2.38. The number of ether oxygens (including phenoxy) is 1. The van der Waals surface area contributed by atoms with Crippen molar-refractivity contribution in [2.24, 2.45) is 0 Å². The first kappa shape index (κ1) is 18.0. The van der Waals surface area contributed by atoms with Crippen molar-refractivity contribution in [3.8, 4) is 0 Å². The molecule has 1 aliphatic heterocycles. The molecule has 0 saturated carbocycles. The molecule has 1 aliphatic rings. The van der Waals surface area contributed by atoms with Crippen LogP contribution in [0.5, 0.6) is 0 Å². The third-order valence-corrected chi connectivity index (χ3v) is 4.81. The number of thioether (sulfide) groups is 1. The molecule has 0 radical (unpaired) electrons. The number of thiazole rings is 1. The van der Waals surface area contributed by atoms with E-state index in [2.05, 4.69) is 4.98 Å². The maximum absolute atomic E-state index is 12.4. The number of carboxylic acid groups (broad SMARTS) is 1. The Labute approximate surface area is 137 Å². The number of alkyl halides is 3. The molecule has 2 atom stereocenters. The van der Waals surface area contributed by atoms with E-state index in [0.717, 1.165) is 11.3 Å². The number of halogens is 3. The van der Waals surface area contributed by atoms with E-state index in [0.29, 0.717) is 5.01 Å². The third kappa shape index (κ3) is 4.82. The molecule has 23 heavy (non-hydrogen) atoms. The van der Waals surface area contributed by atoms with E-state index >= 15 is 0 Å². The molecule has 1 amide bonds. The molecule has 6 nitrogen and oxygen atoms in total. The van der Waals surface area contributed by atoms with Crippen LogP contribution in [0.1, 0.15) is 28.5 Å². The van der Waals surface area contributed by atoms with Crippen LogP contribution in [0.3, 0.4) is 0 Å². The number of carbonyl (C=O) groups is 2. The summed E-state index contributed by atoms with van der Waals surface area (Å²) in [6.45, 7) is 1.60. The average molecular weight is 370 g/mol. The van der Waals surface area contributed by atoms with Crippen molar-refractivity contribution in [2.75, 3.05) is 19.7 Å². The van der Waals surface area contributed by atoms with Gasteiger partial charge in [0.25, 0.3) is 0 Å². The largest absolute Gasteiger partial charge is 0.476 e. The second kappa shape index (κ2) is 7.05. The Hall–Kier alpha value is -1.33. The van der Waals surface area contributed by atoms with Crippen LogP contribution >= 0.6 is 23.1 Å². The van der Waals surface area contributed by atoms with Gasteiger partial charge >= 0.3 is 11.5 Å². The standard InChI is InChI=1S/C12H13F3N2O4S2/c1-6(23-12(13,14)15)10(18)17-2-3-21-8(4-17)9-16-7(5-22-9)11(19)20/h5-6,8H,2-4H2,1H3,(H,19,20). The van der Waals surface area contributed by atoms with Gasteiger partial charge in [-0.2, -0.15) is 13.2 Å². The maximum atomic E-state index is 12.4. The van der Waals surface area contributed by atoms with Gasteiger partial charge < -0.3 is 14.7 Å². The van der Waals surface area contributed by atoms with Gasteiger partial charge in [0.1, 0.15) is 11.1 Å². The van der Waals surface area contributed by atoms with E-state index < -0.39 is 28.7 Å². The number of hydrogen-bond donors (Lipinski definition) is 1. The van der Waals surface area contributed by atoms with Gasteiger partial charge in [-0.3, -0.25) is 4.79 Å². The summed E-state index contributed by atoms with van der Waals surface area (Å²) in [6, 6.07) is 0. The number of aromatic carboxylic acids is 1. The Morgan fingerprint density at radius 1 is 1.57 bits per heavy atom. The van der Waals surface area contributed by atoms with E-state index in [1.165, 1.54) is 17.2 Å². The van der Waals surface area contributed by atoms with Gasteiger partial charge in [0.15, 0.2) is 5.69 Å². The molecule has 1 N–H and O–H groups in total. The molecule has 0 aliphatic carbocycles. The monoisotopic (exact) mass is 370 g/mol. The molecule has 0 bridgehead atoms. The molecule has 0 aromatic carbocycles. The quantitative estimate of drug-likeness (QED) is 0.877. The zero-order valence-corrected chi connectivity index (χ0v) is 13.5. The Bertz CT molecular complexity index is 593. The number of carboxylic acids is 1. The molecule has 2 heterocycles. The fourth-order valence-corrected chi connectivity index (χ4v) is 3.52. The van der Waals surface area contributed by atoms with Crippen molar-refractivity contribution < 1.29 is 32.6 Å². The molecule has 2 rings (SSSR count). The second-order valence-corrected chi connectivity index (χ2v) is 7.02. The number of hydrogen-bond acceptors (Lipinski definition) is 6. The third-order valence-electron chi connectivity index (χ3n) is 3.05. The van der Waals surface area contributed by atoms with E-state index in [1.54, 1.807) is 0 Å². The Balaban J connectivity index is 2.02. The summed E-state index contributed by atoms with van der Waals surface area (Å²) in [5.74, 6) is -1.80. The molecular formula is C12H13F3N2O4S2. The van der Waals surface area contributed by atoms with Gasteiger partial charge in [0.05, 0.1) is 18.4 Å². The summed E-state index contributed by atoms with van der Waals surface area (Å²) < 4.78 is 42.5. The van der Waals surface area contributed by atoms with Crippen LogP contribution in [0, 0.1) is 0 Å². The van der Waals surface area contributed by atoms with Crippen LogP contribution in [0.4, 0.5) is 13.2 Å². The molecule has 128 valence electrons. The van der Waals surface area contributed by atoms with Crippen LogP contribution in [0.2, 0.25) is 0 Å². The lowest BCUT2D eigenvalue weighted by Crippen LogP contribution is -2.45. The van der Waals surface area contributed by atoms with Gasteiger partial charge in [-0.15, -0.1) is 11.3 Å². The Morgan fingerprint density at radius 3 is 2.83 bits per heavy atom. The fraction of sp³-hybridized carbons (Fsp3) is 0.583. The normalized spacial score (nSPS) is 20.3. The summed E-state index contributed by atoms with van der Waals surface area (Å²) >= 11 is 0.717. The molecule has 1 aromatic rings. The predicted molar refractivity (Wildman–Crippen MR) is 77.5 cm³/mol. The molecule has 1 fully saturated rings. The molecule has 0 spiro atoms. The summed E-state index contributed by atoms with van der Waals surface area (Å²) in [5, 5.41) is 9.33. The minimum atomic E-state index is -4.48. The van der Waals surface area contributed by atoms with E-state index in [1.807, 2.05) is 0 Å². The minimum absolute atomic E-state index is 0.0498. The van der Waals surface area contributed by atoms with Crippen molar-refractivity contribution in [2.45, 2.75) is 23.8 Å². The number of carbonyl (C=O) groups excluding carboxylic acids is 1. The summed E-state index contributed by atoms with van der Waals surface area (Å²) in [5.41, 5.74) is -4.61. The highest BCUT2D eigenvalue weighted by Crippen LogP contribution is 2.35. The average Bonchev–Trinajstić information content (AvgIpc) is 2.95. The van der Waals surface area contributed by atoms with Crippen molar-refractivity contribution >= 4 is 35.0 Å². The Morgan fingerprint density at radius 2 is 2.26 bits per heavy atom. The van der Waals surface area contributed by atoms with Gasteiger partial charge in [-0.05, 0) is 18.7 Å². The minimum Gasteiger partial charge on any atom is -0.476 e. The topological polar surface area (TPSA) is 79.7 Å². The highest BCUT2D eigenvalue weighted by atomic mass is 32.2. The van der Waals surface area contributed by atoms with Gasteiger partial charge in [0.2, 0.25) is 5.91 Å². The highest BCUT2D eigenvalue weighted by Gasteiger charge is 2.37. The zero-order chi connectivity index (χ0) is 17.2. The smallest absolute Gasteiger partial charge is 0.442 e. The molecule has 2 unspecified atom stereocenters. The van der Waals surface area contributed by atoms with Crippen molar-refractivity contribution in [1.82, 2.24) is 9.88 Å². The van der Waals surface area contributed by atoms with Crippen molar-refractivity contribution in [1.29, 1.82) is 0 Å². The first-order chi connectivity index (χ1) is 10.7. The summed E-state index contributed by atoms with van der Waals surface area (Å²) in [6.07, 6.45) is -0.631. The number of aromatic nitrogens is 1. The van der Waals surface area contributed by atoms with Crippen molar-refractivity contribution in [3.05, 3.63) is 16.1 Å². The summed E-state index contributed by atoms with van der Waals surface area (Å²) in [4.78, 5) is 28.1. The highest BCUT2D eigenvalue weighted by molar-refractivity contribution is 8.01.